The summed E-state index contributed by atoms with van der Waals surface area (Å²) < 4.78 is 6.61. The van der Waals surface area contributed by atoms with Gasteiger partial charge >= 0.3 is 5.97 Å². The van der Waals surface area contributed by atoms with Crippen molar-refractivity contribution < 1.29 is 14.3 Å². The molecule has 0 bridgehead atoms. The number of rotatable bonds is 5. The third kappa shape index (κ3) is 3.80. The zero-order chi connectivity index (χ0) is 18.7. The van der Waals surface area contributed by atoms with Gasteiger partial charge < -0.3 is 10.1 Å². The van der Waals surface area contributed by atoms with Crippen LogP contribution in [0.4, 0.5) is 5.69 Å². The number of carbonyl (C=O) groups excluding carboxylic acids is 2. The Kier molecular flexibility index (Phi) is 5.13. The fourth-order valence-corrected chi connectivity index (χ4v) is 2.68. The maximum Gasteiger partial charge on any atom is 0.310 e. The summed E-state index contributed by atoms with van der Waals surface area (Å²) in [5.74, 6) is -0.534. The third-order valence-corrected chi connectivity index (χ3v) is 4.15. The Bertz CT molecular complexity index is 986. The van der Waals surface area contributed by atoms with E-state index in [9.17, 15) is 9.59 Å². The van der Waals surface area contributed by atoms with Crippen LogP contribution in [0.15, 0.2) is 30.6 Å². The first-order valence-electron chi connectivity index (χ1n) is 7.81. The molecule has 2 heterocycles. The standard InChI is InChI=1S/C17H16ClN5O3/c1-10-12(11(2)23-17(21-10)19-9-20-23)7-16(25)26-8-15(24)22-14-6-4-3-5-13(14)18/h3-6,9H,7-8H2,1-2H3,(H,22,24). The van der Waals surface area contributed by atoms with Gasteiger partial charge in [-0.05, 0) is 26.0 Å². The molecule has 3 aromatic rings. The number of esters is 1. The predicted octanol–water partition coefficient (Wildman–Crippen LogP) is 2.12. The molecule has 0 saturated carbocycles. The molecule has 2 aromatic heterocycles. The van der Waals surface area contributed by atoms with Gasteiger partial charge in [-0.25, -0.2) is 9.50 Å². The number of hydrogen-bond donors (Lipinski definition) is 1. The SMILES string of the molecule is Cc1nc2ncnn2c(C)c1CC(=O)OCC(=O)Nc1ccccc1Cl. The third-order valence-electron chi connectivity index (χ3n) is 3.82. The minimum absolute atomic E-state index is 0.0140. The van der Waals surface area contributed by atoms with Crippen molar-refractivity contribution >= 4 is 34.9 Å². The second-order valence-corrected chi connectivity index (χ2v) is 6.01. The molecule has 0 aliphatic heterocycles. The zero-order valence-electron chi connectivity index (χ0n) is 14.2. The number of halogens is 1. The number of aromatic nitrogens is 4. The highest BCUT2D eigenvalue weighted by molar-refractivity contribution is 6.33. The first kappa shape index (κ1) is 17.8. The number of fused-ring (bicyclic) bond motifs is 1. The Morgan fingerprint density at radius 2 is 2.04 bits per heavy atom. The number of aryl methyl sites for hydroxylation is 2. The van der Waals surface area contributed by atoms with Crippen LogP contribution < -0.4 is 5.32 Å². The van der Waals surface area contributed by atoms with Gasteiger partial charge in [-0.2, -0.15) is 10.1 Å². The molecule has 0 fully saturated rings. The lowest BCUT2D eigenvalue weighted by molar-refractivity contribution is -0.146. The highest BCUT2D eigenvalue weighted by atomic mass is 35.5. The summed E-state index contributed by atoms with van der Waals surface area (Å²) in [5, 5.41) is 7.07. The van der Waals surface area contributed by atoms with E-state index in [1.807, 2.05) is 6.92 Å². The van der Waals surface area contributed by atoms with Crippen molar-refractivity contribution in [2.45, 2.75) is 20.3 Å². The Morgan fingerprint density at radius 3 is 2.81 bits per heavy atom. The molecule has 134 valence electrons. The van der Waals surface area contributed by atoms with Crippen LogP contribution in [-0.4, -0.2) is 38.1 Å². The number of nitrogens with one attached hydrogen (secondary N) is 1. The summed E-state index contributed by atoms with van der Waals surface area (Å²) in [5.41, 5.74) is 2.57. The molecule has 0 spiro atoms. The van der Waals surface area contributed by atoms with E-state index in [-0.39, 0.29) is 6.42 Å². The van der Waals surface area contributed by atoms with Gasteiger partial charge in [-0.15, -0.1) is 0 Å². The first-order valence-corrected chi connectivity index (χ1v) is 8.19. The molecule has 0 aliphatic carbocycles. The summed E-state index contributed by atoms with van der Waals surface area (Å²) in [6.45, 7) is 3.21. The van der Waals surface area contributed by atoms with Crippen LogP contribution in [0, 0.1) is 13.8 Å². The fraction of sp³-hybridized carbons (Fsp3) is 0.235. The number of ether oxygens (including phenoxy) is 1. The molecule has 0 atom stereocenters. The van der Waals surface area contributed by atoms with Gasteiger partial charge in [0.2, 0.25) is 0 Å². The summed E-state index contributed by atoms with van der Waals surface area (Å²) in [4.78, 5) is 32.4. The van der Waals surface area contributed by atoms with Crippen molar-refractivity contribution in [3.63, 3.8) is 0 Å². The van der Waals surface area contributed by atoms with Gasteiger partial charge in [-0.3, -0.25) is 9.59 Å². The summed E-state index contributed by atoms with van der Waals surface area (Å²) in [6, 6.07) is 6.81. The Hall–Kier alpha value is -3.00. The van der Waals surface area contributed by atoms with Gasteiger partial charge in [0.1, 0.15) is 6.33 Å². The molecule has 0 aliphatic rings. The molecule has 3 rings (SSSR count). The average molecular weight is 374 g/mol. The van der Waals surface area contributed by atoms with Crippen LogP contribution in [0.2, 0.25) is 5.02 Å². The van der Waals surface area contributed by atoms with Gasteiger partial charge in [0.15, 0.2) is 6.61 Å². The van der Waals surface area contributed by atoms with Crippen molar-refractivity contribution in [2.75, 3.05) is 11.9 Å². The van der Waals surface area contributed by atoms with Crippen molar-refractivity contribution in [3.05, 3.63) is 52.6 Å². The maximum atomic E-state index is 12.1. The van der Waals surface area contributed by atoms with Gasteiger partial charge in [0, 0.05) is 17.0 Å². The molecule has 8 nitrogen and oxygen atoms in total. The molecule has 0 unspecified atom stereocenters. The van der Waals surface area contributed by atoms with Crippen LogP contribution in [0.25, 0.3) is 5.78 Å². The maximum absolute atomic E-state index is 12.1. The minimum atomic E-state index is -0.535. The highest BCUT2D eigenvalue weighted by Gasteiger charge is 2.16. The molecule has 9 heteroatoms. The smallest absolute Gasteiger partial charge is 0.310 e. The van der Waals surface area contributed by atoms with E-state index in [0.717, 1.165) is 5.69 Å². The van der Waals surface area contributed by atoms with Crippen LogP contribution in [-0.2, 0) is 20.7 Å². The molecular formula is C17H16ClN5O3. The van der Waals surface area contributed by atoms with Gasteiger partial charge in [0.25, 0.3) is 11.7 Å². The number of anilines is 1. The Balaban J connectivity index is 1.61. The molecule has 0 saturated heterocycles. The Morgan fingerprint density at radius 1 is 1.27 bits per heavy atom. The first-order chi connectivity index (χ1) is 12.5. The van der Waals surface area contributed by atoms with Crippen molar-refractivity contribution in [1.29, 1.82) is 0 Å². The summed E-state index contributed by atoms with van der Waals surface area (Å²) in [7, 11) is 0. The van der Waals surface area contributed by atoms with Crippen LogP contribution in [0.3, 0.4) is 0 Å². The second kappa shape index (κ2) is 7.49. The number of nitrogens with zero attached hydrogens (tertiary/aromatic N) is 4. The minimum Gasteiger partial charge on any atom is -0.455 e. The second-order valence-electron chi connectivity index (χ2n) is 5.60. The number of benzene rings is 1. The van der Waals surface area contributed by atoms with E-state index in [2.05, 4.69) is 20.4 Å². The fourth-order valence-electron chi connectivity index (χ4n) is 2.50. The largest absolute Gasteiger partial charge is 0.455 e. The van der Waals surface area contributed by atoms with Crippen LogP contribution in [0.1, 0.15) is 17.0 Å². The number of carbonyl (C=O) groups is 2. The summed E-state index contributed by atoms with van der Waals surface area (Å²) in [6.07, 6.45) is 1.38. The van der Waals surface area contributed by atoms with Crippen molar-refractivity contribution in [3.8, 4) is 0 Å². The lowest BCUT2D eigenvalue weighted by atomic mass is 10.1. The quantitative estimate of drug-likeness (QED) is 0.688. The topological polar surface area (TPSA) is 98.5 Å². The van der Waals surface area contributed by atoms with E-state index in [0.29, 0.717) is 27.7 Å². The van der Waals surface area contributed by atoms with E-state index in [4.69, 9.17) is 16.3 Å². The van der Waals surface area contributed by atoms with Crippen LogP contribution in [0.5, 0.6) is 0 Å². The van der Waals surface area contributed by atoms with E-state index in [1.54, 1.807) is 35.7 Å². The molecular weight excluding hydrogens is 358 g/mol. The zero-order valence-corrected chi connectivity index (χ0v) is 14.9. The van der Waals surface area contributed by atoms with E-state index < -0.39 is 18.5 Å². The average Bonchev–Trinajstić information content (AvgIpc) is 3.07. The lowest BCUT2D eigenvalue weighted by Crippen LogP contribution is -2.22. The number of para-hydroxylation sites is 1. The van der Waals surface area contributed by atoms with Crippen molar-refractivity contribution in [1.82, 2.24) is 19.6 Å². The van der Waals surface area contributed by atoms with Crippen LogP contribution >= 0.6 is 11.6 Å². The molecule has 0 radical (unpaired) electrons. The monoisotopic (exact) mass is 373 g/mol. The molecule has 1 amide bonds. The normalized spacial score (nSPS) is 10.7. The van der Waals surface area contributed by atoms with Gasteiger partial charge in [-0.1, -0.05) is 23.7 Å². The lowest BCUT2D eigenvalue weighted by Gasteiger charge is -2.11. The summed E-state index contributed by atoms with van der Waals surface area (Å²) >= 11 is 5.97. The molecule has 1 N–H and O–H groups in total. The van der Waals surface area contributed by atoms with Crippen molar-refractivity contribution in [2.24, 2.45) is 0 Å². The molecule has 1 aromatic carbocycles. The van der Waals surface area contributed by atoms with E-state index >= 15 is 0 Å². The predicted molar refractivity (Wildman–Crippen MR) is 95.0 cm³/mol. The molecule has 26 heavy (non-hydrogen) atoms. The number of hydrogen-bond acceptors (Lipinski definition) is 6. The van der Waals surface area contributed by atoms with E-state index in [1.165, 1.54) is 6.33 Å². The van der Waals surface area contributed by atoms with Gasteiger partial charge in [0.05, 0.1) is 17.1 Å². The Labute approximate surface area is 154 Å². The number of amides is 1. The highest BCUT2D eigenvalue weighted by Crippen LogP contribution is 2.20.